The van der Waals surface area contributed by atoms with E-state index in [0.29, 0.717) is 0 Å². The van der Waals surface area contributed by atoms with E-state index in [0.717, 1.165) is 30.1 Å². The van der Waals surface area contributed by atoms with Crippen molar-refractivity contribution < 1.29 is 4.42 Å². The fourth-order valence-electron chi connectivity index (χ4n) is 3.05. The van der Waals surface area contributed by atoms with E-state index in [2.05, 4.69) is 29.7 Å². The van der Waals surface area contributed by atoms with Crippen LogP contribution in [0.25, 0.3) is 0 Å². The van der Waals surface area contributed by atoms with Crippen molar-refractivity contribution in [1.82, 2.24) is 4.90 Å². The van der Waals surface area contributed by atoms with Gasteiger partial charge in [-0.15, -0.1) is 0 Å². The van der Waals surface area contributed by atoms with Crippen molar-refractivity contribution in [3.8, 4) is 0 Å². The molecule has 1 aromatic rings. The summed E-state index contributed by atoms with van der Waals surface area (Å²) in [6.07, 6.45) is 5.62. The third kappa shape index (κ3) is 2.33. The van der Waals surface area contributed by atoms with E-state index in [1.54, 1.807) is 6.26 Å². The lowest BCUT2D eigenvalue weighted by Gasteiger charge is -2.40. The van der Waals surface area contributed by atoms with Gasteiger partial charge in [0.05, 0.1) is 12.8 Å². The van der Waals surface area contributed by atoms with Gasteiger partial charge in [0.25, 0.3) is 0 Å². The molecular formula is C14H22N2OS. The summed E-state index contributed by atoms with van der Waals surface area (Å²) in [4.78, 5) is 2.63. The second kappa shape index (κ2) is 4.91. The lowest BCUT2D eigenvalue weighted by atomic mass is 9.93. The predicted molar refractivity (Wildman–Crippen MR) is 75.6 cm³/mol. The monoisotopic (exact) mass is 266 g/mol. The molecule has 2 N–H and O–H groups in total. The molecule has 18 heavy (non-hydrogen) atoms. The van der Waals surface area contributed by atoms with Gasteiger partial charge in [0.2, 0.25) is 0 Å². The number of hydrogen-bond acceptors (Lipinski definition) is 4. The summed E-state index contributed by atoms with van der Waals surface area (Å²) in [5, 5.41) is 0.728. The predicted octanol–water partition coefficient (Wildman–Crippen LogP) is 2.47. The number of thioether (sulfide) groups is 1. The first kappa shape index (κ1) is 12.6. The standard InChI is InChI=1S/C14H22N2OS/c1-11-7-14(9-15,10-18-11)16(12-4-5-12)8-13-3-2-6-17-13/h2-3,6,11-12H,4-5,7-10,15H2,1H3. The smallest absolute Gasteiger partial charge is 0.117 e. The number of hydrogen-bond donors (Lipinski definition) is 1. The van der Waals surface area contributed by atoms with Crippen LogP contribution in [0.3, 0.4) is 0 Å². The highest BCUT2D eigenvalue weighted by Crippen LogP contribution is 2.43. The molecule has 2 unspecified atom stereocenters. The van der Waals surface area contributed by atoms with E-state index in [4.69, 9.17) is 10.2 Å². The summed E-state index contributed by atoms with van der Waals surface area (Å²) < 4.78 is 5.53. The quantitative estimate of drug-likeness (QED) is 0.889. The van der Waals surface area contributed by atoms with Gasteiger partial charge in [-0.1, -0.05) is 6.92 Å². The Balaban J connectivity index is 1.79. The van der Waals surface area contributed by atoms with E-state index >= 15 is 0 Å². The Hall–Kier alpha value is -0.450. The van der Waals surface area contributed by atoms with E-state index < -0.39 is 0 Å². The van der Waals surface area contributed by atoms with Crippen molar-refractivity contribution in [2.45, 2.75) is 49.6 Å². The fourth-order valence-corrected chi connectivity index (χ4v) is 4.48. The van der Waals surface area contributed by atoms with Crippen LogP contribution in [0.5, 0.6) is 0 Å². The number of nitrogens with two attached hydrogens (primary N) is 1. The maximum absolute atomic E-state index is 6.14. The molecule has 2 heterocycles. The van der Waals surface area contributed by atoms with Crippen LogP contribution >= 0.6 is 11.8 Å². The van der Waals surface area contributed by atoms with Gasteiger partial charge in [-0.05, 0) is 31.4 Å². The Labute approximate surface area is 113 Å². The average molecular weight is 266 g/mol. The van der Waals surface area contributed by atoms with Crippen molar-refractivity contribution in [2.75, 3.05) is 12.3 Å². The van der Waals surface area contributed by atoms with Crippen LogP contribution < -0.4 is 5.73 Å². The van der Waals surface area contributed by atoms with Gasteiger partial charge >= 0.3 is 0 Å². The van der Waals surface area contributed by atoms with Crippen LogP contribution in [0.2, 0.25) is 0 Å². The normalized spacial score (nSPS) is 32.3. The minimum atomic E-state index is 0.192. The average Bonchev–Trinajstić information content (AvgIpc) is 2.93. The minimum absolute atomic E-state index is 0.192. The molecule has 3 rings (SSSR count). The second-order valence-electron chi connectivity index (χ2n) is 5.69. The Kier molecular flexibility index (Phi) is 3.43. The SMILES string of the molecule is CC1CC(CN)(N(Cc2ccco2)C2CC2)CS1. The Morgan fingerprint density at radius 3 is 2.89 bits per heavy atom. The van der Waals surface area contributed by atoms with Crippen LogP contribution in [0.1, 0.15) is 31.9 Å². The molecule has 2 aliphatic rings. The van der Waals surface area contributed by atoms with Crippen LogP contribution in [0.4, 0.5) is 0 Å². The van der Waals surface area contributed by atoms with Gasteiger partial charge in [0.15, 0.2) is 0 Å². The molecular weight excluding hydrogens is 244 g/mol. The Morgan fingerprint density at radius 1 is 1.56 bits per heavy atom. The zero-order chi connectivity index (χ0) is 12.6. The summed E-state index contributed by atoms with van der Waals surface area (Å²) in [6, 6.07) is 4.77. The molecule has 0 radical (unpaired) electrons. The molecule has 1 aliphatic heterocycles. The highest BCUT2D eigenvalue weighted by molar-refractivity contribution is 8.00. The number of rotatable bonds is 5. The molecule has 100 valence electrons. The summed E-state index contributed by atoms with van der Waals surface area (Å²) in [5.41, 5.74) is 6.33. The third-order valence-electron chi connectivity index (χ3n) is 4.19. The summed E-state index contributed by atoms with van der Waals surface area (Å²) in [6.45, 7) is 4.00. The summed E-state index contributed by atoms with van der Waals surface area (Å²) in [5.74, 6) is 2.24. The van der Waals surface area contributed by atoms with Gasteiger partial charge in [-0.3, -0.25) is 4.90 Å². The molecule has 1 aliphatic carbocycles. The highest BCUT2D eigenvalue weighted by atomic mass is 32.2. The third-order valence-corrected chi connectivity index (χ3v) is 5.63. The molecule has 1 saturated carbocycles. The molecule has 0 bridgehead atoms. The molecule has 2 fully saturated rings. The van der Waals surface area contributed by atoms with Crippen molar-refractivity contribution in [3.63, 3.8) is 0 Å². The Bertz CT molecular complexity index is 391. The van der Waals surface area contributed by atoms with Crippen LogP contribution in [0, 0.1) is 0 Å². The largest absolute Gasteiger partial charge is 0.468 e. The maximum atomic E-state index is 6.14. The molecule has 0 spiro atoms. The van der Waals surface area contributed by atoms with Gasteiger partial charge in [0.1, 0.15) is 5.76 Å². The van der Waals surface area contributed by atoms with E-state index in [-0.39, 0.29) is 5.54 Å². The van der Waals surface area contributed by atoms with Crippen molar-refractivity contribution in [1.29, 1.82) is 0 Å². The summed E-state index contributed by atoms with van der Waals surface area (Å²) in [7, 11) is 0. The molecule has 0 amide bonds. The topological polar surface area (TPSA) is 42.4 Å². The first-order valence-electron chi connectivity index (χ1n) is 6.84. The number of nitrogens with zero attached hydrogens (tertiary/aromatic N) is 1. The van der Waals surface area contributed by atoms with Gasteiger partial charge < -0.3 is 10.2 Å². The van der Waals surface area contributed by atoms with Crippen molar-refractivity contribution in [3.05, 3.63) is 24.2 Å². The van der Waals surface area contributed by atoms with Crippen LogP contribution in [0.15, 0.2) is 22.8 Å². The van der Waals surface area contributed by atoms with Crippen molar-refractivity contribution >= 4 is 11.8 Å². The lowest BCUT2D eigenvalue weighted by molar-refractivity contribution is 0.0861. The first-order chi connectivity index (χ1) is 8.73. The van der Waals surface area contributed by atoms with Gasteiger partial charge in [-0.2, -0.15) is 11.8 Å². The van der Waals surface area contributed by atoms with Gasteiger partial charge in [-0.25, -0.2) is 0 Å². The van der Waals surface area contributed by atoms with Crippen molar-refractivity contribution in [2.24, 2.45) is 5.73 Å². The summed E-state index contributed by atoms with van der Waals surface area (Å²) >= 11 is 2.06. The van der Waals surface area contributed by atoms with E-state index in [1.165, 1.54) is 25.0 Å². The highest BCUT2D eigenvalue weighted by Gasteiger charge is 2.47. The zero-order valence-electron chi connectivity index (χ0n) is 11.0. The zero-order valence-corrected chi connectivity index (χ0v) is 11.8. The fraction of sp³-hybridized carbons (Fsp3) is 0.714. The van der Waals surface area contributed by atoms with Gasteiger partial charge in [0, 0.05) is 29.1 Å². The van der Waals surface area contributed by atoms with Crippen LogP contribution in [-0.2, 0) is 6.54 Å². The number of furan rings is 1. The van der Waals surface area contributed by atoms with E-state index in [1.807, 2.05) is 6.07 Å². The molecule has 3 nitrogen and oxygen atoms in total. The first-order valence-corrected chi connectivity index (χ1v) is 7.89. The Morgan fingerprint density at radius 2 is 2.39 bits per heavy atom. The second-order valence-corrected chi connectivity index (χ2v) is 7.12. The molecule has 0 aromatic carbocycles. The van der Waals surface area contributed by atoms with E-state index in [9.17, 15) is 0 Å². The minimum Gasteiger partial charge on any atom is -0.468 e. The molecule has 4 heteroatoms. The molecule has 2 atom stereocenters. The molecule has 1 saturated heterocycles. The maximum Gasteiger partial charge on any atom is 0.117 e. The van der Waals surface area contributed by atoms with Crippen LogP contribution in [-0.4, -0.2) is 34.0 Å². The lowest BCUT2D eigenvalue weighted by Crippen LogP contribution is -2.55. The molecule has 1 aromatic heterocycles.